The highest BCUT2D eigenvalue weighted by molar-refractivity contribution is 8.00. The fraction of sp³-hybridized carbons (Fsp3) is 0.364. The molecular weight excluding hydrogens is 550 g/mol. The summed E-state index contributed by atoms with van der Waals surface area (Å²) in [5, 5.41) is 17.1. The van der Waals surface area contributed by atoms with E-state index in [9.17, 15) is 19.5 Å². The van der Waals surface area contributed by atoms with Gasteiger partial charge in [0, 0.05) is 11.3 Å². The van der Waals surface area contributed by atoms with E-state index in [-0.39, 0.29) is 24.8 Å². The molecule has 1 aliphatic rings. The molecule has 3 atom stereocenters. The third-order valence-corrected chi connectivity index (χ3v) is 9.02. The van der Waals surface area contributed by atoms with E-state index in [0.717, 1.165) is 27.8 Å². The number of aryl methyl sites for hydroxylation is 2. The summed E-state index contributed by atoms with van der Waals surface area (Å²) in [7, 11) is 0. The Balaban J connectivity index is 1.48. The zero-order chi connectivity index (χ0) is 30.3. The molecule has 9 heteroatoms. The first-order valence-electron chi connectivity index (χ1n) is 14.0. The molecule has 3 unspecified atom stereocenters. The van der Waals surface area contributed by atoms with Crippen molar-refractivity contribution in [1.29, 1.82) is 0 Å². The van der Waals surface area contributed by atoms with Crippen LogP contribution in [0.5, 0.6) is 0 Å². The van der Waals surface area contributed by atoms with Crippen LogP contribution in [-0.4, -0.2) is 56.7 Å². The van der Waals surface area contributed by atoms with Crippen LogP contribution in [0.15, 0.2) is 78.9 Å². The minimum atomic E-state index is -1.60. The number of alkyl carbamates (subject to hydrolysis) is 1. The van der Waals surface area contributed by atoms with Crippen LogP contribution in [-0.2, 0) is 33.9 Å². The standard InChI is InChI=1S/C33H39N3O5S/c1-22-12-8-10-16-25(22)19-34-30(38)29-33(3,4)42-21-36(29)31(39)28(37)27(18-24-14-6-5-7-15-24)35-32(40)41-20-26-17-11-9-13-23(26)2/h5-17,27-29,37H,18-21H2,1-4H3,(H,34,38)(H,35,40). The Morgan fingerprint density at radius 1 is 0.952 bits per heavy atom. The molecule has 3 aromatic rings. The highest BCUT2D eigenvalue weighted by Crippen LogP contribution is 2.40. The van der Waals surface area contributed by atoms with Gasteiger partial charge < -0.3 is 25.4 Å². The van der Waals surface area contributed by atoms with Gasteiger partial charge in [0.25, 0.3) is 5.91 Å². The molecule has 8 nitrogen and oxygen atoms in total. The molecule has 0 aliphatic carbocycles. The molecule has 0 bridgehead atoms. The smallest absolute Gasteiger partial charge is 0.407 e. The van der Waals surface area contributed by atoms with Crippen LogP contribution in [0, 0.1) is 13.8 Å². The zero-order valence-electron chi connectivity index (χ0n) is 24.5. The fourth-order valence-corrected chi connectivity index (χ4v) is 6.20. The van der Waals surface area contributed by atoms with E-state index < -0.39 is 34.9 Å². The van der Waals surface area contributed by atoms with Crippen LogP contribution in [0.4, 0.5) is 4.79 Å². The molecule has 0 spiro atoms. The van der Waals surface area contributed by atoms with Gasteiger partial charge in [-0.1, -0.05) is 78.9 Å². The van der Waals surface area contributed by atoms with Gasteiger partial charge in [-0.15, -0.1) is 11.8 Å². The fourth-order valence-electron chi connectivity index (χ4n) is 5.06. The summed E-state index contributed by atoms with van der Waals surface area (Å²) >= 11 is 1.47. The molecule has 3 amide bonds. The number of ether oxygens (including phenoxy) is 1. The molecule has 0 radical (unpaired) electrons. The van der Waals surface area contributed by atoms with E-state index in [4.69, 9.17) is 4.74 Å². The van der Waals surface area contributed by atoms with Crippen LogP contribution in [0.25, 0.3) is 0 Å². The number of aliphatic hydroxyl groups excluding tert-OH is 1. The third-order valence-electron chi connectivity index (χ3n) is 7.65. The summed E-state index contributed by atoms with van der Waals surface area (Å²) < 4.78 is 4.87. The third kappa shape index (κ3) is 7.72. The summed E-state index contributed by atoms with van der Waals surface area (Å²) in [5.41, 5.74) is 4.73. The molecule has 1 fully saturated rings. The molecule has 3 N–H and O–H groups in total. The van der Waals surface area contributed by atoms with Crippen molar-refractivity contribution in [3.63, 3.8) is 0 Å². The normalized spacial score (nSPS) is 17.3. The first kappa shape index (κ1) is 31.1. The maximum Gasteiger partial charge on any atom is 0.407 e. The monoisotopic (exact) mass is 589 g/mol. The Bertz CT molecular complexity index is 1400. The van der Waals surface area contributed by atoms with E-state index in [2.05, 4.69) is 10.6 Å². The summed E-state index contributed by atoms with van der Waals surface area (Å²) in [4.78, 5) is 41.6. The molecular formula is C33H39N3O5S. The lowest BCUT2D eigenvalue weighted by Crippen LogP contribution is -2.58. The molecule has 1 aliphatic heterocycles. The van der Waals surface area contributed by atoms with Crippen molar-refractivity contribution in [2.75, 3.05) is 5.88 Å². The second kappa shape index (κ2) is 13.9. The van der Waals surface area contributed by atoms with Crippen molar-refractivity contribution < 1.29 is 24.2 Å². The average molecular weight is 590 g/mol. The van der Waals surface area contributed by atoms with Crippen LogP contribution >= 0.6 is 11.8 Å². The average Bonchev–Trinajstić information content (AvgIpc) is 3.30. The van der Waals surface area contributed by atoms with Crippen LogP contribution < -0.4 is 10.6 Å². The lowest BCUT2D eigenvalue weighted by Gasteiger charge is -2.33. The lowest BCUT2D eigenvalue weighted by atomic mass is 9.97. The highest BCUT2D eigenvalue weighted by Gasteiger charge is 2.49. The quantitative estimate of drug-likeness (QED) is 0.322. The number of thioether (sulfide) groups is 1. The minimum Gasteiger partial charge on any atom is -0.445 e. The molecule has 42 heavy (non-hydrogen) atoms. The van der Waals surface area contributed by atoms with Gasteiger partial charge in [-0.2, -0.15) is 0 Å². The molecule has 1 heterocycles. The summed E-state index contributed by atoms with van der Waals surface area (Å²) in [6, 6.07) is 22.9. The first-order valence-corrected chi connectivity index (χ1v) is 15.0. The largest absolute Gasteiger partial charge is 0.445 e. The zero-order valence-corrected chi connectivity index (χ0v) is 25.3. The van der Waals surface area contributed by atoms with Crippen molar-refractivity contribution in [3.8, 4) is 0 Å². The van der Waals surface area contributed by atoms with Gasteiger partial charge in [-0.3, -0.25) is 9.59 Å². The topological polar surface area (TPSA) is 108 Å². The number of carbonyl (C=O) groups excluding carboxylic acids is 3. The summed E-state index contributed by atoms with van der Waals surface area (Å²) in [5.74, 6) is -0.676. The number of carbonyl (C=O) groups is 3. The van der Waals surface area contributed by atoms with Gasteiger partial charge in [0.15, 0.2) is 6.10 Å². The number of nitrogens with zero attached hydrogens (tertiary/aromatic N) is 1. The number of hydrogen-bond donors (Lipinski definition) is 3. The number of aliphatic hydroxyl groups is 1. The Morgan fingerprint density at radius 3 is 2.19 bits per heavy atom. The van der Waals surface area contributed by atoms with Gasteiger partial charge in [0.2, 0.25) is 5.91 Å². The van der Waals surface area contributed by atoms with Crippen molar-refractivity contribution in [2.24, 2.45) is 0 Å². The molecule has 3 aromatic carbocycles. The first-order chi connectivity index (χ1) is 20.1. The Morgan fingerprint density at radius 2 is 1.55 bits per heavy atom. The number of benzene rings is 3. The van der Waals surface area contributed by atoms with Gasteiger partial charge >= 0.3 is 6.09 Å². The van der Waals surface area contributed by atoms with Crippen molar-refractivity contribution in [2.45, 2.75) is 70.2 Å². The molecule has 4 rings (SSSR count). The lowest BCUT2D eigenvalue weighted by molar-refractivity contribution is -0.147. The maximum absolute atomic E-state index is 13.8. The highest BCUT2D eigenvalue weighted by atomic mass is 32.2. The van der Waals surface area contributed by atoms with Crippen LogP contribution in [0.2, 0.25) is 0 Å². The number of hydrogen-bond acceptors (Lipinski definition) is 6. The van der Waals surface area contributed by atoms with Crippen molar-refractivity contribution in [3.05, 3.63) is 107 Å². The van der Waals surface area contributed by atoms with Crippen LogP contribution in [0.1, 0.15) is 41.7 Å². The van der Waals surface area contributed by atoms with E-state index in [0.29, 0.717) is 6.54 Å². The van der Waals surface area contributed by atoms with E-state index >= 15 is 0 Å². The van der Waals surface area contributed by atoms with E-state index in [1.807, 2.05) is 107 Å². The second-order valence-electron chi connectivity index (χ2n) is 11.1. The van der Waals surface area contributed by atoms with Gasteiger partial charge in [-0.05, 0) is 61.9 Å². The maximum atomic E-state index is 13.8. The van der Waals surface area contributed by atoms with Crippen molar-refractivity contribution >= 4 is 29.7 Å². The van der Waals surface area contributed by atoms with Gasteiger partial charge in [0.05, 0.1) is 11.9 Å². The predicted octanol–water partition coefficient (Wildman–Crippen LogP) is 4.50. The van der Waals surface area contributed by atoms with Gasteiger partial charge in [0.1, 0.15) is 12.6 Å². The van der Waals surface area contributed by atoms with Crippen LogP contribution in [0.3, 0.4) is 0 Å². The number of amides is 3. The van der Waals surface area contributed by atoms with E-state index in [1.165, 1.54) is 16.7 Å². The minimum absolute atomic E-state index is 0.0562. The van der Waals surface area contributed by atoms with Crippen molar-refractivity contribution in [1.82, 2.24) is 15.5 Å². The molecule has 0 aromatic heterocycles. The molecule has 222 valence electrons. The summed E-state index contributed by atoms with van der Waals surface area (Å²) in [6.45, 7) is 8.13. The predicted molar refractivity (Wildman–Crippen MR) is 165 cm³/mol. The molecule has 0 saturated carbocycles. The number of rotatable bonds is 10. The SMILES string of the molecule is Cc1ccccc1CNC(=O)C1N(C(=O)C(O)C(Cc2ccccc2)NC(=O)OCc2ccccc2C)CSC1(C)C. The summed E-state index contributed by atoms with van der Waals surface area (Å²) in [6.07, 6.45) is -2.14. The Hall–Kier alpha value is -3.82. The number of nitrogens with one attached hydrogen (secondary N) is 2. The van der Waals surface area contributed by atoms with Gasteiger partial charge in [-0.25, -0.2) is 4.79 Å². The Kier molecular flexibility index (Phi) is 10.3. The Labute approximate surface area is 251 Å². The second-order valence-corrected chi connectivity index (χ2v) is 12.7. The molecule has 1 saturated heterocycles. The van der Waals surface area contributed by atoms with E-state index in [1.54, 1.807) is 0 Å².